The molecule has 0 saturated heterocycles. The number of hydrogen-bond acceptors (Lipinski definition) is 2. The van der Waals surface area contributed by atoms with Crippen LogP contribution in [0.25, 0.3) is 0 Å². The fraction of sp³-hybridized carbons (Fsp3) is 0.333. The van der Waals surface area contributed by atoms with Crippen molar-refractivity contribution < 1.29 is 4.55 Å². The van der Waals surface area contributed by atoms with Crippen LogP contribution < -0.4 is 0 Å². The smallest absolute Gasteiger partial charge is 0.0190 e. The molecule has 1 nitrogen and oxygen atoms in total. The predicted octanol–water partition coefficient (Wildman–Crippen LogP) is 1.73. The number of rotatable bonds is 1. The van der Waals surface area contributed by atoms with Gasteiger partial charge in [-0.1, -0.05) is 6.58 Å². The van der Waals surface area contributed by atoms with Gasteiger partial charge in [-0.25, -0.2) is 0 Å². The molecule has 0 aromatic rings. The van der Waals surface area contributed by atoms with Gasteiger partial charge in [0.05, 0.1) is 0 Å². The summed E-state index contributed by atoms with van der Waals surface area (Å²) in [5, 5.41) is 0. The summed E-state index contributed by atoms with van der Waals surface area (Å²) in [6.07, 6.45) is 0. The van der Waals surface area contributed by atoms with E-state index in [1.165, 1.54) is 0 Å². The van der Waals surface area contributed by atoms with Crippen LogP contribution in [0.15, 0.2) is 11.5 Å². The minimum absolute atomic E-state index is 0.685. The van der Waals surface area contributed by atoms with Crippen molar-refractivity contribution in [2.45, 2.75) is 6.92 Å². The van der Waals surface area contributed by atoms with E-state index >= 15 is 0 Å². The second kappa shape index (κ2) is 2.30. The van der Waals surface area contributed by atoms with Crippen LogP contribution >= 0.6 is 12.0 Å². The molecule has 0 aromatic carbocycles. The highest BCUT2D eigenvalue weighted by atomic mass is 32.2. The first-order valence-electron chi connectivity index (χ1n) is 1.24. The quantitative estimate of drug-likeness (QED) is 0.495. The molecule has 0 saturated carbocycles. The van der Waals surface area contributed by atoms with Crippen LogP contribution in [0.1, 0.15) is 6.92 Å². The molecule has 2 heteroatoms. The van der Waals surface area contributed by atoms with E-state index in [-0.39, 0.29) is 0 Å². The average molecular weight is 90.1 g/mol. The summed E-state index contributed by atoms with van der Waals surface area (Å²) in [5.41, 5.74) is 0. The molecular weight excluding hydrogens is 84.1 g/mol. The lowest BCUT2D eigenvalue weighted by Gasteiger charge is -1.77. The third-order valence-corrected chi connectivity index (χ3v) is 0.468. The Balaban J connectivity index is 2.85. The van der Waals surface area contributed by atoms with Gasteiger partial charge in [0.15, 0.2) is 0 Å². The maximum absolute atomic E-state index is 7.96. The molecule has 0 aliphatic heterocycles. The molecular formula is C3H6OS. The van der Waals surface area contributed by atoms with E-state index in [1.54, 1.807) is 6.92 Å². The molecule has 0 aromatic heterocycles. The van der Waals surface area contributed by atoms with Gasteiger partial charge in [0.2, 0.25) is 0 Å². The molecule has 0 atom stereocenters. The fourth-order valence-electron chi connectivity index (χ4n) is 0. The van der Waals surface area contributed by atoms with Gasteiger partial charge >= 0.3 is 0 Å². The van der Waals surface area contributed by atoms with Crippen molar-refractivity contribution in [3.63, 3.8) is 0 Å². The Kier molecular flexibility index (Phi) is 2.32. The Morgan fingerprint density at radius 2 is 2.20 bits per heavy atom. The predicted molar refractivity (Wildman–Crippen MR) is 25.0 cm³/mol. The minimum Gasteiger partial charge on any atom is -0.326 e. The largest absolute Gasteiger partial charge is 0.326 e. The molecule has 0 spiro atoms. The van der Waals surface area contributed by atoms with Gasteiger partial charge in [0.1, 0.15) is 0 Å². The third kappa shape index (κ3) is 4.05. The van der Waals surface area contributed by atoms with E-state index in [9.17, 15) is 0 Å². The summed E-state index contributed by atoms with van der Waals surface area (Å²) in [6, 6.07) is 0. The zero-order valence-electron chi connectivity index (χ0n) is 3.06. The van der Waals surface area contributed by atoms with Gasteiger partial charge in [-0.15, -0.1) is 0 Å². The van der Waals surface area contributed by atoms with E-state index in [4.69, 9.17) is 4.55 Å². The van der Waals surface area contributed by atoms with E-state index in [1.807, 2.05) is 0 Å². The average Bonchev–Trinajstić information content (AvgIpc) is 1.38. The topological polar surface area (TPSA) is 20.2 Å². The monoisotopic (exact) mass is 90.0 g/mol. The van der Waals surface area contributed by atoms with Crippen molar-refractivity contribution in [1.82, 2.24) is 0 Å². The van der Waals surface area contributed by atoms with Crippen LogP contribution in [0, 0.1) is 0 Å². The van der Waals surface area contributed by atoms with E-state index in [0.717, 1.165) is 4.91 Å². The van der Waals surface area contributed by atoms with E-state index in [2.05, 4.69) is 6.58 Å². The highest BCUT2D eigenvalue weighted by Crippen LogP contribution is 2.02. The molecule has 0 rings (SSSR count). The van der Waals surface area contributed by atoms with Gasteiger partial charge in [-0.3, -0.25) is 0 Å². The number of allylic oxidation sites excluding steroid dienone is 1. The molecule has 0 heterocycles. The van der Waals surface area contributed by atoms with Crippen molar-refractivity contribution in [2.75, 3.05) is 0 Å². The van der Waals surface area contributed by atoms with Gasteiger partial charge in [0, 0.05) is 16.9 Å². The lowest BCUT2D eigenvalue weighted by molar-refractivity contribution is 0.669. The van der Waals surface area contributed by atoms with Crippen molar-refractivity contribution in [3.05, 3.63) is 11.5 Å². The summed E-state index contributed by atoms with van der Waals surface area (Å²) >= 11 is 0.685. The summed E-state index contributed by atoms with van der Waals surface area (Å²) in [5.74, 6) is 0. The summed E-state index contributed by atoms with van der Waals surface area (Å²) < 4.78 is 7.96. The maximum Gasteiger partial charge on any atom is 0.0190 e. The van der Waals surface area contributed by atoms with Crippen LogP contribution in [-0.4, -0.2) is 4.55 Å². The lowest BCUT2D eigenvalue weighted by Crippen LogP contribution is -1.50. The van der Waals surface area contributed by atoms with Crippen molar-refractivity contribution >= 4 is 12.0 Å². The molecule has 0 unspecified atom stereocenters. The summed E-state index contributed by atoms with van der Waals surface area (Å²) in [6.45, 7) is 5.13. The Bertz CT molecular complexity index is 42.2. The Labute approximate surface area is 35.9 Å². The van der Waals surface area contributed by atoms with Gasteiger partial charge in [-0.2, -0.15) is 0 Å². The number of hydrogen-bond donors (Lipinski definition) is 1. The van der Waals surface area contributed by atoms with Crippen molar-refractivity contribution in [3.8, 4) is 0 Å². The highest BCUT2D eigenvalue weighted by Gasteiger charge is 1.70. The van der Waals surface area contributed by atoms with Crippen molar-refractivity contribution in [2.24, 2.45) is 0 Å². The molecule has 1 N–H and O–H groups in total. The zero-order valence-corrected chi connectivity index (χ0v) is 3.88. The molecule has 0 radical (unpaired) electrons. The van der Waals surface area contributed by atoms with Crippen LogP contribution in [0.5, 0.6) is 0 Å². The highest BCUT2D eigenvalue weighted by molar-refractivity contribution is 7.97. The second-order valence-corrected chi connectivity index (χ2v) is 1.67. The summed E-state index contributed by atoms with van der Waals surface area (Å²) in [7, 11) is 0. The first-order valence-corrected chi connectivity index (χ1v) is 2.01. The Morgan fingerprint density at radius 1 is 2.00 bits per heavy atom. The molecule has 5 heavy (non-hydrogen) atoms. The normalized spacial score (nSPS) is 7.60. The zero-order chi connectivity index (χ0) is 4.28. The van der Waals surface area contributed by atoms with Crippen LogP contribution in [-0.2, 0) is 0 Å². The first kappa shape index (κ1) is 5.05. The molecule has 0 fully saturated rings. The summed E-state index contributed by atoms with van der Waals surface area (Å²) in [4.78, 5) is 0.727. The Hall–Kier alpha value is 0.0500. The third-order valence-electron chi connectivity index (χ3n) is 0.156. The fourth-order valence-corrected chi connectivity index (χ4v) is 0. The van der Waals surface area contributed by atoms with Gasteiger partial charge in [0.25, 0.3) is 0 Å². The second-order valence-electron chi connectivity index (χ2n) is 0.793. The van der Waals surface area contributed by atoms with Crippen LogP contribution in [0.3, 0.4) is 0 Å². The molecule has 30 valence electrons. The molecule has 0 amide bonds. The minimum atomic E-state index is 0.685. The maximum atomic E-state index is 7.96. The first-order chi connectivity index (χ1) is 2.27. The van der Waals surface area contributed by atoms with E-state index in [0.29, 0.717) is 12.0 Å². The molecule has 0 aliphatic rings. The van der Waals surface area contributed by atoms with Crippen LogP contribution in [0.4, 0.5) is 0 Å². The van der Waals surface area contributed by atoms with E-state index < -0.39 is 0 Å². The van der Waals surface area contributed by atoms with Gasteiger partial charge < -0.3 is 4.55 Å². The lowest BCUT2D eigenvalue weighted by atomic mass is 10.8. The van der Waals surface area contributed by atoms with Gasteiger partial charge in [-0.05, 0) is 6.92 Å². The van der Waals surface area contributed by atoms with Crippen LogP contribution in [0.2, 0.25) is 0 Å². The molecule has 0 aliphatic carbocycles. The SMILES string of the molecule is C=C(C)SO. The standard InChI is InChI=1S/C3H6OS/c1-3(2)5-4/h4H,1H2,2H3. The van der Waals surface area contributed by atoms with Crippen molar-refractivity contribution in [1.29, 1.82) is 0 Å². The molecule has 0 bridgehead atoms. The Morgan fingerprint density at radius 3 is 2.20 bits per heavy atom.